The van der Waals surface area contributed by atoms with E-state index in [9.17, 15) is 0 Å². The van der Waals surface area contributed by atoms with Gasteiger partial charge in [0.2, 0.25) is 0 Å². The standard InChI is InChI=1S/C24H15N3S/c1-2-6-21-18(4-1)19-15-23-17(10-13-28-23)14-22(19)27(21)24-7-3-5-20(26-24)16-8-11-25-12-9-16/h1-15H. The van der Waals surface area contributed by atoms with Gasteiger partial charge < -0.3 is 0 Å². The summed E-state index contributed by atoms with van der Waals surface area (Å²) in [6, 6.07) is 25.5. The van der Waals surface area contributed by atoms with Gasteiger partial charge in [-0.25, -0.2) is 4.98 Å². The van der Waals surface area contributed by atoms with Crippen LogP contribution in [0.15, 0.2) is 90.6 Å². The number of thiophene rings is 1. The molecule has 0 saturated heterocycles. The van der Waals surface area contributed by atoms with Crippen molar-refractivity contribution in [2.45, 2.75) is 0 Å². The molecular weight excluding hydrogens is 362 g/mol. The van der Waals surface area contributed by atoms with Crippen molar-refractivity contribution in [3.63, 3.8) is 0 Å². The highest BCUT2D eigenvalue weighted by atomic mass is 32.1. The second kappa shape index (κ2) is 6.01. The fraction of sp³-hybridized carbons (Fsp3) is 0. The Labute approximate surface area is 165 Å². The highest BCUT2D eigenvalue weighted by molar-refractivity contribution is 7.17. The van der Waals surface area contributed by atoms with Crippen molar-refractivity contribution in [2.24, 2.45) is 0 Å². The van der Waals surface area contributed by atoms with E-state index in [0.29, 0.717) is 0 Å². The van der Waals surface area contributed by atoms with Crippen molar-refractivity contribution in [1.29, 1.82) is 0 Å². The molecule has 132 valence electrons. The molecule has 0 spiro atoms. The minimum absolute atomic E-state index is 0.926. The molecule has 6 rings (SSSR count). The summed E-state index contributed by atoms with van der Waals surface area (Å²) in [7, 11) is 0. The molecule has 0 radical (unpaired) electrons. The average Bonchev–Trinajstić information content (AvgIpc) is 3.34. The van der Waals surface area contributed by atoms with Crippen LogP contribution < -0.4 is 0 Å². The molecule has 4 heteroatoms. The van der Waals surface area contributed by atoms with Gasteiger partial charge in [0.25, 0.3) is 0 Å². The predicted octanol–water partition coefficient (Wildman–Crippen LogP) is 6.46. The Bertz CT molecular complexity index is 1460. The Morgan fingerprint density at radius 3 is 2.57 bits per heavy atom. The average molecular weight is 377 g/mol. The molecule has 0 aliphatic rings. The summed E-state index contributed by atoms with van der Waals surface area (Å²) in [4.78, 5) is 9.11. The number of rotatable bonds is 2. The zero-order chi connectivity index (χ0) is 18.5. The number of hydrogen-bond donors (Lipinski definition) is 0. The SMILES string of the molecule is c1cc(-c2ccncc2)nc(-n2c3ccccc3c3cc4sccc4cc32)c1. The van der Waals surface area contributed by atoms with E-state index in [0.717, 1.165) is 17.1 Å². The summed E-state index contributed by atoms with van der Waals surface area (Å²) in [5, 5.41) is 5.94. The van der Waals surface area contributed by atoms with E-state index >= 15 is 0 Å². The molecule has 0 atom stereocenters. The summed E-state index contributed by atoms with van der Waals surface area (Å²) in [6.45, 7) is 0. The molecule has 6 aromatic rings. The van der Waals surface area contributed by atoms with Crippen LogP contribution in [-0.2, 0) is 0 Å². The van der Waals surface area contributed by atoms with Crippen LogP contribution in [0.2, 0.25) is 0 Å². The Morgan fingerprint density at radius 1 is 0.750 bits per heavy atom. The van der Waals surface area contributed by atoms with Crippen LogP contribution in [0.4, 0.5) is 0 Å². The van der Waals surface area contributed by atoms with E-state index < -0.39 is 0 Å². The first kappa shape index (κ1) is 15.5. The molecule has 0 fully saturated rings. The minimum Gasteiger partial charge on any atom is -0.294 e. The lowest BCUT2D eigenvalue weighted by Gasteiger charge is -2.09. The quantitative estimate of drug-likeness (QED) is 0.347. The van der Waals surface area contributed by atoms with Gasteiger partial charge in [-0.2, -0.15) is 0 Å². The first-order chi connectivity index (χ1) is 13.9. The van der Waals surface area contributed by atoms with Crippen LogP contribution in [0.5, 0.6) is 0 Å². The topological polar surface area (TPSA) is 30.7 Å². The van der Waals surface area contributed by atoms with E-state index in [-0.39, 0.29) is 0 Å². The van der Waals surface area contributed by atoms with Gasteiger partial charge in [-0.15, -0.1) is 11.3 Å². The van der Waals surface area contributed by atoms with Gasteiger partial charge in [0, 0.05) is 33.4 Å². The van der Waals surface area contributed by atoms with Crippen LogP contribution in [0.3, 0.4) is 0 Å². The van der Waals surface area contributed by atoms with Crippen LogP contribution in [-0.4, -0.2) is 14.5 Å². The van der Waals surface area contributed by atoms with E-state index in [1.54, 1.807) is 23.7 Å². The second-order valence-electron chi connectivity index (χ2n) is 6.80. The number of nitrogens with zero attached hydrogens (tertiary/aromatic N) is 3. The number of aromatic nitrogens is 3. The first-order valence-corrected chi connectivity index (χ1v) is 10.0. The highest BCUT2D eigenvalue weighted by Crippen LogP contribution is 2.36. The summed E-state index contributed by atoms with van der Waals surface area (Å²) < 4.78 is 3.58. The maximum absolute atomic E-state index is 4.99. The predicted molar refractivity (Wildman–Crippen MR) is 117 cm³/mol. The lowest BCUT2D eigenvalue weighted by molar-refractivity contribution is 1.08. The number of pyridine rings is 2. The highest BCUT2D eigenvalue weighted by Gasteiger charge is 2.14. The second-order valence-corrected chi connectivity index (χ2v) is 7.74. The third-order valence-corrected chi connectivity index (χ3v) is 6.07. The smallest absolute Gasteiger partial charge is 0.138 e. The Hall–Kier alpha value is -3.50. The van der Waals surface area contributed by atoms with Gasteiger partial charge in [0.05, 0.1) is 16.7 Å². The summed E-state index contributed by atoms with van der Waals surface area (Å²) >= 11 is 1.78. The fourth-order valence-corrected chi connectivity index (χ4v) is 4.71. The Balaban J connectivity index is 1.69. The van der Waals surface area contributed by atoms with Crippen molar-refractivity contribution in [2.75, 3.05) is 0 Å². The van der Waals surface area contributed by atoms with E-state index in [1.807, 2.05) is 18.2 Å². The molecule has 4 heterocycles. The maximum atomic E-state index is 4.99. The van der Waals surface area contributed by atoms with Gasteiger partial charge in [0.1, 0.15) is 5.82 Å². The number of benzene rings is 2. The summed E-state index contributed by atoms with van der Waals surface area (Å²) in [6.07, 6.45) is 3.61. The number of hydrogen-bond acceptors (Lipinski definition) is 3. The summed E-state index contributed by atoms with van der Waals surface area (Å²) in [5.74, 6) is 0.926. The van der Waals surface area contributed by atoms with Gasteiger partial charge >= 0.3 is 0 Å². The number of para-hydroxylation sites is 1. The van der Waals surface area contributed by atoms with Crippen molar-refractivity contribution in [1.82, 2.24) is 14.5 Å². The Morgan fingerprint density at radius 2 is 1.64 bits per heavy atom. The Kier molecular flexibility index (Phi) is 3.34. The fourth-order valence-electron chi connectivity index (χ4n) is 3.90. The molecule has 0 aliphatic heterocycles. The largest absolute Gasteiger partial charge is 0.294 e. The van der Waals surface area contributed by atoms with Crippen LogP contribution in [0.1, 0.15) is 0 Å². The molecule has 0 N–H and O–H groups in total. The molecule has 0 aliphatic carbocycles. The summed E-state index contributed by atoms with van der Waals surface area (Å²) in [5.41, 5.74) is 4.38. The first-order valence-electron chi connectivity index (χ1n) is 9.17. The zero-order valence-corrected chi connectivity index (χ0v) is 15.7. The number of fused-ring (bicyclic) bond motifs is 4. The van der Waals surface area contributed by atoms with Crippen LogP contribution in [0.25, 0.3) is 49.0 Å². The van der Waals surface area contributed by atoms with Crippen molar-refractivity contribution in [3.8, 4) is 17.1 Å². The van der Waals surface area contributed by atoms with Crippen molar-refractivity contribution in [3.05, 3.63) is 90.6 Å². The maximum Gasteiger partial charge on any atom is 0.138 e. The molecule has 3 nitrogen and oxygen atoms in total. The van der Waals surface area contributed by atoms with Gasteiger partial charge in [-0.05, 0) is 59.3 Å². The third kappa shape index (κ3) is 2.28. The lowest BCUT2D eigenvalue weighted by atomic mass is 10.1. The zero-order valence-electron chi connectivity index (χ0n) is 14.9. The third-order valence-electron chi connectivity index (χ3n) is 5.19. The van der Waals surface area contributed by atoms with Gasteiger partial charge in [-0.1, -0.05) is 24.3 Å². The molecule has 0 unspecified atom stereocenters. The van der Waals surface area contributed by atoms with E-state index in [1.165, 1.54) is 31.9 Å². The lowest BCUT2D eigenvalue weighted by Crippen LogP contribution is -1.98. The van der Waals surface area contributed by atoms with Crippen LogP contribution >= 0.6 is 11.3 Å². The molecule has 0 bridgehead atoms. The van der Waals surface area contributed by atoms with Gasteiger partial charge in [-0.3, -0.25) is 9.55 Å². The van der Waals surface area contributed by atoms with Crippen molar-refractivity contribution < 1.29 is 0 Å². The molecular formula is C24H15N3S. The monoisotopic (exact) mass is 377 g/mol. The van der Waals surface area contributed by atoms with Gasteiger partial charge in [0.15, 0.2) is 0 Å². The molecule has 2 aromatic carbocycles. The molecule has 28 heavy (non-hydrogen) atoms. The van der Waals surface area contributed by atoms with E-state index in [4.69, 9.17) is 4.98 Å². The normalized spacial score (nSPS) is 11.6. The molecule has 0 amide bonds. The van der Waals surface area contributed by atoms with Crippen LogP contribution in [0, 0.1) is 0 Å². The minimum atomic E-state index is 0.926. The molecule has 0 saturated carbocycles. The van der Waals surface area contributed by atoms with Crippen molar-refractivity contribution >= 4 is 43.2 Å². The molecule has 4 aromatic heterocycles. The van der Waals surface area contributed by atoms with E-state index in [2.05, 4.69) is 69.5 Å².